The van der Waals surface area contributed by atoms with Crippen LogP contribution >= 0.6 is 11.6 Å². The van der Waals surface area contributed by atoms with Crippen LogP contribution < -0.4 is 0 Å². The molecule has 0 heterocycles. The maximum Gasteiger partial charge on any atom is 0.140 e. The van der Waals surface area contributed by atoms with E-state index in [9.17, 15) is 14.0 Å². The number of Topliss-reactive ketones (excluding diaryl/α,β-unsaturated/α-hetero) is 2. The summed E-state index contributed by atoms with van der Waals surface area (Å²) in [5, 5.41) is 0.315. The van der Waals surface area contributed by atoms with Crippen molar-refractivity contribution in [2.45, 2.75) is 25.2 Å². The van der Waals surface area contributed by atoms with Crippen molar-refractivity contribution in [3.05, 3.63) is 34.6 Å². The Hall–Kier alpha value is -1.22. The van der Waals surface area contributed by atoms with Gasteiger partial charge in [-0.2, -0.15) is 0 Å². The normalized spacial score (nSPS) is 17.9. The van der Waals surface area contributed by atoms with E-state index in [0.29, 0.717) is 10.6 Å². The summed E-state index contributed by atoms with van der Waals surface area (Å²) in [4.78, 5) is 22.5. The number of carbonyl (C=O) groups excluding carboxylic acids is 2. The highest BCUT2D eigenvalue weighted by atomic mass is 35.5. The van der Waals surface area contributed by atoms with E-state index in [4.69, 9.17) is 11.6 Å². The van der Waals surface area contributed by atoms with Crippen LogP contribution in [0.2, 0.25) is 5.02 Å². The van der Waals surface area contributed by atoms with Gasteiger partial charge in [-0.05, 0) is 17.7 Å². The average molecular weight is 241 g/mol. The van der Waals surface area contributed by atoms with Crippen molar-refractivity contribution in [2.75, 3.05) is 0 Å². The van der Waals surface area contributed by atoms with Crippen LogP contribution in [-0.4, -0.2) is 11.6 Å². The van der Waals surface area contributed by atoms with Crippen molar-refractivity contribution >= 4 is 23.2 Å². The zero-order chi connectivity index (χ0) is 11.7. The highest BCUT2D eigenvalue weighted by Gasteiger charge is 2.28. The van der Waals surface area contributed by atoms with Crippen LogP contribution in [-0.2, 0) is 9.59 Å². The van der Waals surface area contributed by atoms with Gasteiger partial charge >= 0.3 is 0 Å². The van der Waals surface area contributed by atoms with E-state index in [1.807, 2.05) is 0 Å². The predicted molar refractivity (Wildman–Crippen MR) is 58.0 cm³/mol. The second-order valence-electron chi connectivity index (χ2n) is 4.03. The Balaban J connectivity index is 2.29. The van der Waals surface area contributed by atoms with Crippen LogP contribution in [0, 0.1) is 5.82 Å². The van der Waals surface area contributed by atoms with Crippen LogP contribution in [0.5, 0.6) is 0 Å². The third-order valence-corrected chi connectivity index (χ3v) is 2.98. The van der Waals surface area contributed by atoms with Gasteiger partial charge in [-0.25, -0.2) is 4.39 Å². The highest BCUT2D eigenvalue weighted by molar-refractivity contribution is 6.30. The number of hydrogen-bond acceptors (Lipinski definition) is 2. The van der Waals surface area contributed by atoms with Crippen LogP contribution in [0.1, 0.15) is 30.7 Å². The summed E-state index contributed by atoms with van der Waals surface area (Å²) >= 11 is 5.64. The lowest BCUT2D eigenvalue weighted by atomic mass is 9.82. The minimum Gasteiger partial charge on any atom is -0.299 e. The molecule has 1 aromatic rings. The molecule has 0 unspecified atom stereocenters. The van der Waals surface area contributed by atoms with E-state index >= 15 is 0 Å². The molecule has 0 saturated heterocycles. The maximum absolute atomic E-state index is 13.6. The second kappa shape index (κ2) is 4.34. The molecule has 1 saturated carbocycles. The van der Waals surface area contributed by atoms with Crippen LogP contribution in [0.4, 0.5) is 4.39 Å². The summed E-state index contributed by atoms with van der Waals surface area (Å²) in [5.41, 5.74) is 0.408. The summed E-state index contributed by atoms with van der Waals surface area (Å²) in [6, 6.07) is 4.33. The smallest absolute Gasteiger partial charge is 0.140 e. The Labute approximate surface area is 97.4 Å². The summed E-state index contributed by atoms with van der Waals surface area (Å²) in [5.74, 6) is -1.00. The zero-order valence-corrected chi connectivity index (χ0v) is 9.26. The Morgan fingerprint density at radius 3 is 2.38 bits per heavy atom. The number of rotatable bonds is 1. The largest absolute Gasteiger partial charge is 0.299 e. The van der Waals surface area contributed by atoms with E-state index in [-0.39, 0.29) is 36.7 Å². The van der Waals surface area contributed by atoms with Crippen molar-refractivity contribution in [1.82, 2.24) is 0 Å². The average Bonchev–Trinajstić information content (AvgIpc) is 2.15. The van der Waals surface area contributed by atoms with Crippen molar-refractivity contribution in [3.8, 4) is 0 Å². The molecule has 2 nitrogen and oxygen atoms in total. The molecule has 1 fully saturated rings. The number of carbonyl (C=O) groups is 2. The molecule has 1 aromatic carbocycles. The van der Waals surface area contributed by atoms with Gasteiger partial charge < -0.3 is 0 Å². The van der Waals surface area contributed by atoms with E-state index in [0.717, 1.165) is 0 Å². The number of benzene rings is 1. The van der Waals surface area contributed by atoms with Gasteiger partial charge in [0.2, 0.25) is 0 Å². The highest BCUT2D eigenvalue weighted by Crippen LogP contribution is 2.31. The van der Waals surface area contributed by atoms with Gasteiger partial charge in [0.15, 0.2) is 0 Å². The standard InChI is InChI=1S/C12H10ClFO2/c13-8-1-2-11(12(14)5-8)7-3-9(15)6-10(16)4-7/h1-2,5,7H,3-4,6H2. The van der Waals surface area contributed by atoms with Crippen LogP contribution in [0.3, 0.4) is 0 Å². The molecule has 1 aliphatic carbocycles. The fraction of sp³-hybridized carbons (Fsp3) is 0.333. The minimum absolute atomic E-state index is 0.00823. The molecular weight excluding hydrogens is 231 g/mol. The van der Waals surface area contributed by atoms with Crippen molar-refractivity contribution in [2.24, 2.45) is 0 Å². The van der Waals surface area contributed by atoms with Crippen LogP contribution in [0.25, 0.3) is 0 Å². The molecule has 0 aliphatic heterocycles. The molecule has 0 N–H and O–H groups in total. The Bertz CT molecular complexity index is 440. The lowest BCUT2D eigenvalue weighted by Crippen LogP contribution is -2.21. The van der Waals surface area contributed by atoms with Crippen molar-refractivity contribution in [1.29, 1.82) is 0 Å². The minimum atomic E-state index is -0.444. The molecule has 84 valence electrons. The number of ketones is 2. The van der Waals surface area contributed by atoms with Gasteiger partial charge in [0, 0.05) is 23.8 Å². The van der Waals surface area contributed by atoms with Gasteiger partial charge in [-0.3, -0.25) is 9.59 Å². The topological polar surface area (TPSA) is 34.1 Å². The van der Waals surface area contributed by atoms with Gasteiger partial charge in [0.05, 0.1) is 6.42 Å². The van der Waals surface area contributed by atoms with Crippen molar-refractivity contribution < 1.29 is 14.0 Å². The first-order chi connectivity index (χ1) is 7.56. The Morgan fingerprint density at radius 1 is 1.19 bits per heavy atom. The van der Waals surface area contributed by atoms with E-state index in [1.54, 1.807) is 12.1 Å². The molecular formula is C12H10ClFO2. The molecule has 0 amide bonds. The fourth-order valence-corrected chi connectivity index (χ4v) is 2.20. The molecule has 16 heavy (non-hydrogen) atoms. The third kappa shape index (κ3) is 2.30. The van der Waals surface area contributed by atoms with Crippen LogP contribution in [0.15, 0.2) is 18.2 Å². The maximum atomic E-state index is 13.6. The first kappa shape index (κ1) is 11.3. The molecule has 0 bridgehead atoms. The quantitative estimate of drug-likeness (QED) is 0.708. The molecule has 4 heteroatoms. The second-order valence-corrected chi connectivity index (χ2v) is 4.46. The molecule has 0 atom stereocenters. The van der Waals surface area contributed by atoms with E-state index < -0.39 is 5.82 Å². The molecule has 0 spiro atoms. The van der Waals surface area contributed by atoms with Gasteiger partial charge in [-0.1, -0.05) is 17.7 Å². The summed E-state index contributed by atoms with van der Waals surface area (Å²) in [6.07, 6.45) is 0.473. The van der Waals surface area contributed by atoms with Gasteiger partial charge in [0.25, 0.3) is 0 Å². The van der Waals surface area contributed by atoms with Gasteiger partial charge in [-0.15, -0.1) is 0 Å². The lowest BCUT2D eigenvalue weighted by molar-refractivity contribution is -0.130. The van der Waals surface area contributed by atoms with E-state index in [2.05, 4.69) is 0 Å². The summed E-state index contributed by atoms with van der Waals surface area (Å²) < 4.78 is 13.6. The number of halogens is 2. The third-order valence-electron chi connectivity index (χ3n) is 2.74. The SMILES string of the molecule is O=C1CC(=O)CC(c2ccc(Cl)cc2F)C1. The molecule has 1 aliphatic rings. The van der Waals surface area contributed by atoms with Gasteiger partial charge in [0.1, 0.15) is 17.4 Å². The molecule has 2 rings (SSSR count). The van der Waals surface area contributed by atoms with Crippen molar-refractivity contribution in [3.63, 3.8) is 0 Å². The summed E-state index contributed by atoms with van der Waals surface area (Å²) in [7, 11) is 0. The number of hydrogen-bond donors (Lipinski definition) is 0. The summed E-state index contributed by atoms with van der Waals surface area (Å²) in [6.45, 7) is 0. The monoisotopic (exact) mass is 240 g/mol. The Kier molecular flexibility index (Phi) is 3.06. The molecule has 0 radical (unpaired) electrons. The zero-order valence-electron chi connectivity index (χ0n) is 8.50. The predicted octanol–water partition coefficient (Wildman–Crippen LogP) is 2.88. The first-order valence-corrected chi connectivity index (χ1v) is 5.42. The first-order valence-electron chi connectivity index (χ1n) is 5.04. The molecule has 0 aromatic heterocycles. The lowest BCUT2D eigenvalue weighted by Gasteiger charge is -2.20. The Morgan fingerprint density at radius 2 is 1.81 bits per heavy atom. The van der Waals surface area contributed by atoms with E-state index in [1.165, 1.54) is 6.07 Å². The fourth-order valence-electron chi connectivity index (χ4n) is 2.04.